The predicted octanol–water partition coefficient (Wildman–Crippen LogP) is 4.49. The van der Waals surface area contributed by atoms with Crippen molar-refractivity contribution in [3.63, 3.8) is 0 Å². The van der Waals surface area contributed by atoms with Crippen molar-refractivity contribution in [2.45, 2.75) is 6.42 Å². The highest BCUT2D eigenvalue weighted by molar-refractivity contribution is 5.55. The molecule has 4 nitrogen and oxygen atoms in total. The second kappa shape index (κ2) is 7.17. The molecular formula is C20H15N3O. The van der Waals surface area contributed by atoms with E-state index < -0.39 is 0 Å². The van der Waals surface area contributed by atoms with Crippen LogP contribution >= 0.6 is 0 Å². The zero-order chi connectivity index (χ0) is 16.8. The van der Waals surface area contributed by atoms with Gasteiger partial charge in [0.15, 0.2) is 0 Å². The fourth-order valence-corrected chi connectivity index (χ4v) is 2.46. The Morgan fingerprint density at radius 2 is 1.96 bits per heavy atom. The van der Waals surface area contributed by atoms with E-state index >= 15 is 0 Å². The molecule has 1 aliphatic rings. The maximum absolute atomic E-state index is 8.97. The lowest BCUT2D eigenvalue weighted by molar-refractivity contribution is 0.219. The summed E-state index contributed by atoms with van der Waals surface area (Å²) in [5.41, 5.74) is 3.03. The van der Waals surface area contributed by atoms with E-state index in [1.807, 2.05) is 71.6 Å². The molecule has 0 aliphatic carbocycles. The molecule has 1 aromatic carbocycles. The Labute approximate surface area is 141 Å². The molecule has 3 rings (SSSR count). The fourth-order valence-electron chi connectivity index (χ4n) is 2.46. The Morgan fingerprint density at radius 3 is 2.62 bits per heavy atom. The minimum Gasteiger partial charge on any atom is -0.493 e. The summed E-state index contributed by atoms with van der Waals surface area (Å²) >= 11 is 0. The predicted molar refractivity (Wildman–Crippen MR) is 92.7 cm³/mol. The molecule has 0 unspecified atom stereocenters. The molecular weight excluding hydrogens is 298 g/mol. The van der Waals surface area contributed by atoms with Crippen LogP contribution in [0.1, 0.15) is 12.0 Å². The molecule has 1 aromatic heterocycles. The zero-order valence-electron chi connectivity index (χ0n) is 13.0. The first-order chi connectivity index (χ1) is 11.8. The van der Waals surface area contributed by atoms with Gasteiger partial charge in [-0.05, 0) is 54.0 Å². The van der Waals surface area contributed by atoms with Crippen molar-refractivity contribution >= 4 is 6.08 Å². The Kier molecular flexibility index (Phi) is 4.60. The average Bonchev–Trinajstić information content (AvgIpc) is 3.17. The van der Waals surface area contributed by atoms with Crippen molar-refractivity contribution in [1.29, 1.82) is 5.26 Å². The standard InChI is InChI=1S/C20H15N3O/c1-22-20(15-21)17-10-13-24-19(14-17)9-6-16-4-7-18(8-5-16)23-11-2-3-12-23/h2-9,11-12,14H,10,13H2. The van der Waals surface area contributed by atoms with Crippen molar-refractivity contribution in [2.75, 3.05) is 6.61 Å². The first kappa shape index (κ1) is 15.4. The SMILES string of the molecule is [C-]#[N+]C(C#N)=C1C=C(C=Cc2ccc(-n3cccc3)cc2)OCC1. The van der Waals surface area contributed by atoms with Gasteiger partial charge in [0, 0.05) is 18.1 Å². The van der Waals surface area contributed by atoms with E-state index in [9.17, 15) is 0 Å². The third kappa shape index (κ3) is 3.45. The zero-order valence-corrected chi connectivity index (χ0v) is 13.0. The van der Waals surface area contributed by atoms with Crippen LogP contribution in [0.15, 0.2) is 78.0 Å². The lowest BCUT2D eigenvalue weighted by Gasteiger charge is -2.14. The monoisotopic (exact) mass is 313 g/mol. The summed E-state index contributed by atoms with van der Waals surface area (Å²) in [5.74, 6) is 0.669. The third-order valence-corrected chi connectivity index (χ3v) is 3.71. The molecule has 116 valence electrons. The minimum absolute atomic E-state index is 0.139. The van der Waals surface area contributed by atoms with Crippen LogP contribution in [-0.2, 0) is 4.74 Å². The van der Waals surface area contributed by atoms with Crippen LogP contribution in [0.25, 0.3) is 16.6 Å². The number of rotatable bonds is 3. The summed E-state index contributed by atoms with van der Waals surface area (Å²) in [6.07, 6.45) is 10.2. The Morgan fingerprint density at radius 1 is 1.21 bits per heavy atom. The lowest BCUT2D eigenvalue weighted by atomic mass is 10.1. The largest absolute Gasteiger partial charge is 0.493 e. The first-order valence-electron chi connectivity index (χ1n) is 7.57. The molecule has 0 saturated heterocycles. The molecule has 0 fully saturated rings. The van der Waals surface area contributed by atoms with Gasteiger partial charge in [-0.2, -0.15) is 0 Å². The number of ether oxygens (including phenoxy) is 1. The summed E-state index contributed by atoms with van der Waals surface area (Å²) in [4.78, 5) is 3.26. The number of hydrogen-bond acceptors (Lipinski definition) is 2. The van der Waals surface area contributed by atoms with Crippen LogP contribution < -0.4 is 0 Å². The maximum Gasteiger partial charge on any atom is 0.265 e. The second-order valence-electron chi connectivity index (χ2n) is 5.26. The average molecular weight is 313 g/mol. The third-order valence-electron chi connectivity index (χ3n) is 3.71. The molecule has 24 heavy (non-hydrogen) atoms. The van der Waals surface area contributed by atoms with Crippen molar-refractivity contribution in [2.24, 2.45) is 0 Å². The Hall–Kier alpha value is -3.50. The minimum atomic E-state index is 0.139. The van der Waals surface area contributed by atoms with Crippen LogP contribution in [0, 0.1) is 17.9 Å². The molecule has 1 aliphatic heterocycles. The molecule has 2 aromatic rings. The smallest absolute Gasteiger partial charge is 0.265 e. The van der Waals surface area contributed by atoms with Gasteiger partial charge in [-0.15, -0.1) is 0 Å². The molecule has 0 saturated carbocycles. The maximum atomic E-state index is 8.97. The summed E-state index contributed by atoms with van der Waals surface area (Å²) in [6.45, 7) is 7.52. The van der Waals surface area contributed by atoms with Crippen molar-refractivity contribution in [1.82, 2.24) is 4.57 Å². The van der Waals surface area contributed by atoms with E-state index in [2.05, 4.69) is 4.85 Å². The summed E-state index contributed by atoms with van der Waals surface area (Å²) in [7, 11) is 0. The van der Waals surface area contributed by atoms with Gasteiger partial charge in [-0.25, -0.2) is 10.1 Å². The van der Waals surface area contributed by atoms with Gasteiger partial charge in [0.25, 0.3) is 5.70 Å². The Balaban J connectivity index is 1.77. The van der Waals surface area contributed by atoms with E-state index in [1.165, 1.54) is 0 Å². The van der Waals surface area contributed by atoms with Gasteiger partial charge >= 0.3 is 0 Å². The van der Waals surface area contributed by atoms with Gasteiger partial charge in [-0.1, -0.05) is 18.2 Å². The summed E-state index contributed by atoms with van der Waals surface area (Å²) in [5, 5.41) is 8.97. The highest BCUT2D eigenvalue weighted by Gasteiger charge is 2.11. The van der Waals surface area contributed by atoms with Crippen LogP contribution in [-0.4, -0.2) is 11.2 Å². The molecule has 0 N–H and O–H groups in total. The van der Waals surface area contributed by atoms with E-state index in [0.717, 1.165) is 16.8 Å². The topological polar surface area (TPSA) is 42.3 Å². The van der Waals surface area contributed by atoms with Crippen LogP contribution in [0.5, 0.6) is 0 Å². The molecule has 0 radical (unpaired) electrons. The second-order valence-corrected chi connectivity index (χ2v) is 5.26. The summed E-state index contributed by atoms with van der Waals surface area (Å²) < 4.78 is 7.62. The molecule has 2 heterocycles. The molecule has 0 atom stereocenters. The first-order valence-corrected chi connectivity index (χ1v) is 7.57. The van der Waals surface area contributed by atoms with Gasteiger partial charge in [0.1, 0.15) is 5.76 Å². The highest BCUT2D eigenvalue weighted by atomic mass is 16.5. The van der Waals surface area contributed by atoms with Gasteiger partial charge in [0.05, 0.1) is 19.2 Å². The molecule has 0 bridgehead atoms. The normalized spacial score (nSPS) is 16.0. The quantitative estimate of drug-likeness (QED) is 0.619. The van der Waals surface area contributed by atoms with Gasteiger partial charge < -0.3 is 9.30 Å². The number of aromatic nitrogens is 1. The number of nitrogens with zero attached hydrogens (tertiary/aromatic N) is 3. The number of hydrogen-bond donors (Lipinski definition) is 0. The van der Waals surface area contributed by atoms with Crippen molar-refractivity contribution in [3.8, 4) is 11.8 Å². The van der Waals surface area contributed by atoms with E-state index in [1.54, 1.807) is 6.08 Å². The summed E-state index contributed by atoms with van der Waals surface area (Å²) in [6, 6.07) is 14.1. The van der Waals surface area contributed by atoms with Crippen molar-refractivity contribution in [3.05, 3.63) is 95.0 Å². The van der Waals surface area contributed by atoms with E-state index in [0.29, 0.717) is 18.8 Å². The molecule has 4 heteroatoms. The number of nitriles is 1. The van der Waals surface area contributed by atoms with E-state index in [-0.39, 0.29) is 5.70 Å². The highest BCUT2D eigenvalue weighted by Crippen LogP contribution is 2.21. The van der Waals surface area contributed by atoms with Gasteiger partial charge in [-0.3, -0.25) is 0 Å². The van der Waals surface area contributed by atoms with Crippen LogP contribution in [0.3, 0.4) is 0 Å². The van der Waals surface area contributed by atoms with Crippen LogP contribution in [0.2, 0.25) is 0 Å². The fraction of sp³-hybridized carbons (Fsp3) is 0.100. The number of benzene rings is 1. The lowest BCUT2D eigenvalue weighted by Crippen LogP contribution is -2.03. The number of allylic oxidation sites excluding steroid dienone is 3. The van der Waals surface area contributed by atoms with Gasteiger partial charge in [0.2, 0.25) is 0 Å². The molecule has 0 spiro atoms. The van der Waals surface area contributed by atoms with E-state index in [4.69, 9.17) is 16.6 Å². The molecule has 0 amide bonds. The van der Waals surface area contributed by atoms with Crippen LogP contribution in [0.4, 0.5) is 0 Å². The van der Waals surface area contributed by atoms with Crippen molar-refractivity contribution < 1.29 is 4.74 Å². The Bertz CT molecular complexity index is 870.